The number of hydrogen-bond acceptors (Lipinski definition) is 3. The SMILES string of the molecule is CCOC(=O)c1ccc2c(c1)CC(C)(C)C(c1ccccc1Br)N2. The predicted octanol–water partition coefficient (Wildman–Crippen LogP) is 5.36. The van der Waals surface area contributed by atoms with Crippen LogP contribution in [-0.4, -0.2) is 12.6 Å². The first-order valence-corrected chi connectivity index (χ1v) is 9.02. The smallest absolute Gasteiger partial charge is 0.338 e. The molecule has 1 atom stereocenters. The van der Waals surface area contributed by atoms with E-state index in [0.717, 1.165) is 22.1 Å². The molecule has 0 radical (unpaired) electrons. The fraction of sp³-hybridized carbons (Fsp3) is 0.350. The third-order valence-corrected chi connectivity index (χ3v) is 5.28. The average molecular weight is 388 g/mol. The van der Waals surface area contributed by atoms with Crippen LogP contribution in [-0.2, 0) is 11.2 Å². The summed E-state index contributed by atoms with van der Waals surface area (Å²) in [5, 5.41) is 3.66. The lowest BCUT2D eigenvalue weighted by molar-refractivity contribution is 0.0526. The van der Waals surface area contributed by atoms with E-state index in [9.17, 15) is 4.79 Å². The highest BCUT2D eigenvalue weighted by Gasteiger charge is 2.36. The maximum atomic E-state index is 12.0. The van der Waals surface area contributed by atoms with Gasteiger partial charge in [0, 0.05) is 10.2 Å². The van der Waals surface area contributed by atoms with Crippen LogP contribution in [0.4, 0.5) is 5.69 Å². The minimum Gasteiger partial charge on any atom is -0.462 e. The van der Waals surface area contributed by atoms with Gasteiger partial charge in [0.25, 0.3) is 0 Å². The van der Waals surface area contributed by atoms with Crippen LogP contribution in [0.2, 0.25) is 0 Å². The Kier molecular flexibility index (Phi) is 4.68. The van der Waals surface area contributed by atoms with Gasteiger partial charge in [-0.2, -0.15) is 0 Å². The summed E-state index contributed by atoms with van der Waals surface area (Å²) in [5.74, 6) is -0.258. The van der Waals surface area contributed by atoms with Crippen molar-refractivity contribution in [3.05, 3.63) is 63.6 Å². The van der Waals surface area contributed by atoms with E-state index in [1.807, 2.05) is 31.2 Å². The molecule has 0 aliphatic carbocycles. The molecule has 0 spiro atoms. The van der Waals surface area contributed by atoms with Crippen LogP contribution in [0.1, 0.15) is 48.3 Å². The van der Waals surface area contributed by atoms with Gasteiger partial charge >= 0.3 is 5.97 Å². The molecule has 0 saturated heterocycles. The number of halogens is 1. The molecular formula is C20H22BrNO2. The van der Waals surface area contributed by atoms with Gasteiger partial charge in [0.05, 0.1) is 18.2 Å². The molecule has 2 aromatic rings. The van der Waals surface area contributed by atoms with E-state index in [0.29, 0.717) is 12.2 Å². The third kappa shape index (κ3) is 3.20. The van der Waals surface area contributed by atoms with Crippen molar-refractivity contribution in [2.75, 3.05) is 11.9 Å². The molecular weight excluding hydrogens is 366 g/mol. The van der Waals surface area contributed by atoms with Gasteiger partial charge < -0.3 is 10.1 Å². The second-order valence-corrected chi connectivity index (χ2v) is 7.71. The van der Waals surface area contributed by atoms with Crippen LogP contribution in [0.15, 0.2) is 46.9 Å². The van der Waals surface area contributed by atoms with Crippen LogP contribution in [0.5, 0.6) is 0 Å². The summed E-state index contributed by atoms with van der Waals surface area (Å²) in [6.07, 6.45) is 0.897. The molecule has 126 valence electrons. The van der Waals surface area contributed by atoms with E-state index in [-0.39, 0.29) is 17.4 Å². The summed E-state index contributed by atoms with van der Waals surface area (Å²) in [7, 11) is 0. The second-order valence-electron chi connectivity index (χ2n) is 6.86. The Morgan fingerprint density at radius 2 is 2.04 bits per heavy atom. The molecule has 0 bridgehead atoms. The molecule has 2 aromatic carbocycles. The fourth-order valence-corrected chi connectivity index (χ4v) is 3.89. The number of carbonyl (C=O) groups is 1. The van der Waals surface area contributed by atoms with Gasteiger partial charge in [-0.25, -0.2) is 4.79 Å². The van der Waals surface area contributed by atoms with Gasteiger partial charge in [0.1, 0.15) is 0 Å². The van der Waals surface area contributed by atoms with Crippen molar-refractivity contribution in [3.63, 3.8) is 0 Å². The van der Waals surface area contributed by atoms with Gasteiger partial charge in [-0.05, 0) is 54.2 Å². The normalized spacial score (nSPS) is 18.4. The van der Waals surface area contributed by atoms with E-state index in [2.05, 4.69) is 53.3 Å². The number of fused-ring (bicyclic) bond motifs is 1. The summed E-state index contributed by atoms with van der Waals surface area (Å²) in [6, 6.07) is 14.3. The van der Waals surface area contributed by atoms with Crippen molar-refractivity contribution < 1.29 is 9.53 Å². The lowest BCUT2D eigenvalue weighted by Gasteiger charge is -2.41. The number of nitrogens with one attached hydrogen (secondary N) is 1. The zero-order valence-electron chi connectivity index (χ0n) is 14.2. The first-order valence-electron chi connectivity index (χ1n) is 8.23. The van der Waals surface area contributed by atoms with Crippen molar-refractivity contribution in [3.8, 4) is 0 Å². The number of esters is 1. The number of hydrogen-bond donors (Lipinski definition) is 1. The Labute approximate surface area is 151 Å². The molecule has 1 N–H and O–H groups in total. The molecule has 0 saturated carbocycles. The van der Waals surface area contributed by atoms with Crippen LogP contribution >= 0.6 is 15.9 Å². The number of ether oxygens (including phenoxy) is 1. The average Bonchev–Trinajstić information content (AvgIpc) is 2.54. The first kappa shape index (κ1) is 17.0. The molecule has 0 amide bonds. The van der Waals surface area contributed by atoms with Crippen molar-refractivity contribution in [2.45, 2.75) is 33.2 Å². The Hall–Kier alpha value is -1.81. The van der Waals surface area contributed by atoms with Gasteiger partial charge in [0.15, 0.2) is 0 Å². The van der Waals surface area contributed by atoms with Crippen LogP contribution in [0, 0.1) is 5.41 Å². The van der Waals surface area contributed by atoms with E-state index in [1.54, 1.807) is 0 Å². The van der Waals surface area contributed by atoms with Crippen molar-refractivity contribution >= 4 is 27.6 Å². The molecule has 0 fully saturated rings. The first-order chi connectivity index (χ1) is 11.4. The minimum absolute atomic E-state index is 0.0180. The van der Waals surface area contributed by atoms with E-state index < -0.39 is 0 Å². The largest absolute Gasteiger partial charge is 0.462 e. The highest BCUT2D eigenvalue weighted by atomic mass is 79.9. The van der Waals surface area contributed by atoms with Gasteiger partial charge in [0.2, 0.25) is 0 Å². The Balaban J connectivity index is 1.96. The summed E-state index contributed by atoms with van der Waals surface area (Å²) >= 11 is 3.67. The van der Waals surface area contributed by atoms with Crippen LogP contribution in [0.3, 0.4) is 0 Å². The summed E-state index contributed by atoms with van der Waals surface area (Å²) in [4.78, 5) is 12.0. The number of carbonyl (C=O) groups excluding carboxylic acids is 1. The minimum atomic E-state index is -0.258. The van der Waals surface area contributed by atoms with E-state index in [1.165, 1.54) is 5.56 Å². The molecule has 4 heteroatoms. The van der Waals surface area contributed by atoms with Crippen LogP contribution < -0.4 is 5.32 Å². The van der Waals surface area contributed by atoms with E-state index >= 15 is 0 Å². The number of rotatable bonds is 3. The third-order valence-electron chi connectivity index (χ3n) is 4.56. The Morgan fingerprint density at radius 1 is 1.29 bits per heavy atom. The zero-order chi connectivity index (χ0) is 17.3. The summed E-state index contributed by atoms with van der Waals surface area (Å²) < 4.78 is 6.22. The Morgan fingerprint density at radius 3 is 2.75 bits per heavy atom. The topological polar surface area (TPSA) is 38.3 Å². The summed E-state index contributed by atoms with van der Waals surface area (Å²) in [5.41, 5.74) is 4.14. The molecule has 24 heavy (non-hydrogen) atoms. The molecule has 0 aromatic heterocycles. The standard InChI is InChI=1S/C20H22BrNO2/c1-4-24-19(23)13-9-10-17-14(11-13)12-20(2,3)18(22-17)15-7-5-6-8-16(15)21/h5-11,18,22H,4,12H2,1-3H3. The van der Waals surface area contributed by atoms with Gasteiger partial charge in [-0.1, -0.05) is 48.0 Å². The summed E-state index contributed by atoms with van der Waals surface area (Å²) in [6.45, 7) is 6.72. The van der Waals surface area contributed by atoms with Gasteiger partial charge in [-0.3, -0.25) is 0 Å². The number of benzene rings is 2. The molecule has 3 nitrogen and oxygen atoms in total. The molecule has 1 aliphatic rings. The maximum absolute atomic E-state index is 12.0. The van der Waals surface area contributed by atoms with Crippen LogP contribution in [0.25, 0.3) is 0 Å². The molecule has 1 unspecified atom stereocenters. The van der Waals surface area contributed by atoms with Crippen molar-refractivity contribution in [2.24, 2.45) is 5.41 Å². The van der Waals surface area contributed by atoms with Crippen molar-refractivity contribution in [1.29, 1.82) is 0 Å². The van der Waals surface area contributed by atoms with Gasteiger partial charge in [-0.15, -0.1) is 0 Å². The highest BCUT2D eigenvalue weighted by Crippen LogP contribution is 2.46. The second kappa shape index (κ2) is 6.60. The van der Waals surface area contributed by atoms with Crippen molar-refractivity contribution in [1.82, 2.24) is 0 Å². The molecule has 1 heterocycles. The predicted molar refractivity (Wildman–Crippen MR) is 100 cm³/mol. The quantitative estimate of drug-likeness (QED) is 0.720. The van der Waals surface area contributed by atoms with E-state index in [4.69, 9.17) is 4.74 Å². The number of anilines is 1. The fourth-order valence-electron chi connectivity index (χ4n) is 3.37. The Bertz CT molecular complexity index is 770. The monoisotopic (exact) mass is 387 g/mol. The molecule has 1 aliphatic heterocycles. The highest BCUT2D eigenvalue weighted by molar-refractivity contribution is 9.10. The molecule has 3 rings (SSSR count). The lowest BCUT2D eigenvalue weighted by atomic mass is 9.73. The zero-order valence-corrected chi connectivity index (χ0v) is 15.8. The lowest BCUT2D eigenvalue weighted by Crippen LogP contribution is -2.35. The maximum Gasteiger partial charge on any atom is 0.338 e.